The van der Waals surface area contributed by atoms with E-state index in [1.807, 2.05) is 19.9 Å². The maximum atomic E-state index is 13.2. The zero-order valence-corrected chi connectivity index (χ0v) is 14.3. The zero-order valence-electron chi connectivity index (χ0n) is 14.3. The van der Waals surface area contributed by atoms with Crippen LogP contribution in [0.1, 0.15) is 27.8 Å². The fourth-order valence-electron chi connectivity index (χ4n) is 3.68. The van der Waals surface area contributed by atoms with Crippen LogP contribution in [-0.2, 0) is 26.6 Å². The van der Waals surface area contributed by atoms with Gasteiger partial charge in [-0.15, -0.1) is 0 Å². The third-order valence-electron chi connectivity index (χ3n) is 4.75. The van der Waals surface area contributed by atoms with E-state index >= 15 is 0 Å². The third kappa shape index (κ3) is 2.18. The van der Waals surface area contributed by atoms with Crippen LogP contribution in [0.25, 0.3) is 0 Å². The van der Waals surface area contributed by atoms with Crippen LogP contribution in [0.4, 0.5) is 5.69 Å². The van der Waals surface area contributed by atoms with Crippen molar-refractivity contribution in [3.8, 4) is 0 Å². The lowest BCUT2D eigenvalue weighted by atomic mass is 10.0. The molecule has 0 saturated carbocycles. The summed E-state index contributed by atoms with van der Waals surface area (Å²) >= 11 is 0. The van der Waals surface area contributed by atoms with Gasteiger partial charge in [-0.1, -0.05) is 41.5 Å². The number of carbonyl (C=O) groups is 1. The Balaban J connectivity index is 1.81. The Morgan fingerprint density at radius 1 is 1.00 bits per heavy atom. The lowest BCUT2D eigenvalue weighted by Gasteiger charge is -2.22. The molecule has 1 fully saturated rings. The van der Waals surface area contributed by atoms with Gasteiger partial charge in [-0.3, -0.25) is 4.79 Å². The standard InChI is InChI=1S/C20H21NO3/c1-13-4-6-16(7-5-13)12-21-18-15(3)10-14(2)11-17(18)20(19(21)22)23-8-9-24-20/h4-7,10-11H,8-9,12H2,1-3H3. The van der Waals surface area contributed by atoms with E-state index in [1.165, 1.54) is 5.56 Å². The number of benzene rings is 2. The Morgan fingerprint density at radius 2 is 1.67 bits per heavy atom. The molecule has 4 rings (SSSR count). The Labute approximate surface area is 142 Å². The highest BCUT2D eigenvalue weighted by Crippen LogP contribution is 2.48. The Morgan fingerprint density at radius 3 is 2.33 bits per heavy atom. The number of hydrogen-bond donors (Lipinski definition) is 0. The van der Waals surface area contributed by atoms with Crippen LogP contribution < -0.4 is 4.90 Å². The summed E-state index contributed by atoms with van der Waals surface area (Å²) in [4.78, 5) is 15.0. The lowest BCUT2D eigenvalue weighted by molar-refractivity contribution is -0.180. The molecule has 1 saturated heterocycles. The molecule has 2 aliphatic rings. The molecule has 2 heterocycles. The van der Waals surface area contributed by atoms with Crippen molar-refractivity contribution < 1.29 is 14.3 Å². The van der Waals surface area contributed by atoms with Crippen molar-refractivity contribution in [2.75, 3.05) is 18.1 Å². The van der Waals surface area contributed by atoms with Crippen molar-refractivity contribution in [1.29, 1.82) is 0 Å². The smallest absolute Gasteiger partial charge is 0.292 e. The van der Waals surface area contributed by atoms with Gasteiger partial charge in [0.15, 0.2) is 0 Å². The first-order valence-electron chi connectivity index (χ1n) is 8.28. The van der Waals surface area contributed by atoms with Crippen molar-refractivity contribution in [2.24, 2.45) is 0 Å². The average molecular weight is 323 g/mol. The molecule has 2 aromatic rings. The van der Waals surface area contributed by atoms with E-state index in [0.717, 1.165) is 27.9 Å². The second-order valence-corrected chi connectivity index (χ2v) is 6.67. The minimum absolute atomic E-state index is 0.121. The molecule has 0 aromatic heterocycles. The van der Waals surface area contributed by atoms with Gasteiger partial charge < -0.3 is 14.4 Å². The molecule has 0 bridgehead atoms. The van der Waals surface area contributed by atoms with Gasteiger partial charge in [0.1, 0.15) is 0 Å². The van der Waals surface area contributed by atoms with E-state index in [0.29, 0.717) is 19.8 Å². The first kappa shape index (κ1) is 15.4. The Kier molecular flexibility index (Phi) is 3.48. The molecular weight excluding hydrogens is 302 g/mol. The van der Waals surface area contributed by atoms with Gasteiger partial charge in [0, 0.05) is 5.56 Å². The predicted molar refractivity (Wildman–Crippen MR) is 91.9 cm³/mol. The first-order valence-corrected chi connectivity index (χ1v) is 8.28. The van der Waals surface area contributed by atoms with E-state index in [4.69, 9.17) is 9.47 Å². The fourth-order valence-corrected chi connectivity index (χ4v) is 3.68. The molecule has 0 atom stereocenters. The average Bonchev–Trinajstić information content (AvgIpc) is 3.11. The molecule has 1 spiro atoms. The van der Waals surface area contributed by atoms with Crippen molar-refractivity contribution in [2.45, 2.75) is 33.1 Å². The molecule has 2 aliphatic heterocycles. The Hall–Kier alpha value is -2.17. The van der Waals surface area contributed by atoms with Gasteiger partial charge in [-0.05, 0) is 38.0 Å². The number of anilines is 1. The first-order chi connectivity index (χ1) is 11.5. The predicted octanol–water partition coefficient (Wildman–Crippen LogP) is 3.36. The summed E-state index contributed by atoms with van der Waals surface area (Å²) in [5.41, 5.74) is 6.24. The van der Waals surface area contributed by atoms with Gasteiger partial charge in [-0.2, -0.15) is 0 Å². The lowest BCUT2D eigenvalue weighted by Crippen LogP contribution is -2.41. The maximum Gasteiger partial charge on any atom is 0.292 e. The van der Waals surface area contributed by atoms with Crippen molar-refractivity contribution in [3.05, 3.63) is 64.2 Å². The zero-order chi connectivity index (χ0) is 16.9. The van der Waals surface area contributed by atoms with Crippen LogP contribution in [-0.4, -0.2) is 19.1 Å². The van der Waals surface area contributed by atoms with Crippen LogP contribution in [0.3, 0.4) is 0 Å². The summed E-state index contributed by atoms with van der Waals surface area (Å²) in [5.74, 6) is -1.37. The highest BCUT2D eigenvalue weighted by molar-refractivity contribution is 6.07. The van der Waals surface area contributed by atoms with Crippen LogP contribution >= 0.6 is 0 Å². The van der Waals surface area contributed by atoms with E-state index in [2.05, 4.69) is 37.3 Å². The number of fused-ring (bicyclic) bond motifs is 2. The van der Waals surface area contributed by atoms with Gasteiger partial charge >= 0.3 is 0 Å². The summed E-state index contributed by atoms with van der Waals surface area (Å²) in [7, 11) is 0. The van der Waals surface area contributed by atoms with Gasteiger partial charge in [0.05, 0.1) is 25.4 Å². The number of carbonyl (C=O) groups excluding carboxylic acids is 1. The van der Waals surface area contributed by atoms with Gasteiger partial charge in [0.2, 0.25) is 0 Å². The highest BCUT2D eigenvalue weighted by Gasteiger charge is 2.56. The minimum atomic E-state index is -1.25. The number of aryl methyl sites for hydroxylation is 3. The number of hydrogen-bond acceptors (Lipinski definition) is 3. The molecule has 24 heavy (non-hydrogen) atoms. The van der Waals surface area contributed by atoms with Gasteiger partial charge in [-0.25, -0.2) is 0 Å². The monoisotopic (exact) mass is 323 g/mol. The summed E-state index contributed by atoms with van der Waals surface area (Å²) < 4.78 is 11.6. The van der Waals surface area contributed by atoms with E-state index in [-0.39, 0.29) is 5.91 Å². The van der Waals surface area contributed by atoms with Crippen molar-refractivity contribution in [1.82, 2.24) is 0 Å². The highest BCUT2D eigenvalue weighted by atomic mass is 16.7. The summed E-state index contributed by atoms with van der Waals surface area (Å²) in [6, 6.07) is 12.4. The molecule has 0 N–H and O–H groups in total. The van der Waals surface area contributed by atoms with Crippen LogP contribution in [0.15, 0.2) is 36.4 Å². The summed E-state index contributed by atoms with van der Waals surface area (Å²) in [5, 5.41) is 0. The van der Waals surface area contributed by atoms with E-state index in [1.54, 1.807) is 4.90 Å². The molecule has 0 radical (unpaired) electrons. The van der Waals surface area contributed by atoms with Crippen LogP contribution in [0, 0.1) is 20.8 Å². The van der Waals surface area contributed by atoms with E-state index < -0.39 is 5.79 Å². The number of rotatable bonds is 2. The largest absolute Gasteiger partial charge is 0.336 e. The van der Waals surface area contributed by atoms with Gasteiger partial charge in [0.25, 0.3) is 11.7 Å². The quantitative estimate of drug-likeness (QED) is 0.851. The summed E-state index contributed by atoms with van der Waals surface area (Å²) in [6.45, 7) is 7.53. The molecular formula is C20H21NO3. The van der Waals surface area contributed by atoms with Crippen molar-refractivity contribution >= 4 is 11.6 Å². The third-order valence-corrected chi connectivity index (χ3v) is 4.75. The molecule has 124 valence electrons. The van der Waals surface area contributed by atoms with Crippen LogP contribution in [0.5, 0.6) is 0 Å². The topological polar surface area (TPSA) is 38.8 Å². The molecule has 0 aliphatic carbocycles. The molecule has 1 amide bonds. The molecule has 4 heteroatoms. The second-order valence-electron chi connectivity index (χ2n) is 6.67. The normalized spacial score (nSPS) is 18.5. The van der Waals surface area contributed by atoms with Crippen molar-refractivity contribution in [3.63, 3.8) is 0 Å². The second kappa shape index (κ2) is 5.43. The van der Waals surface area contributed by atoms with E-state index in [9.17, 15) is 4.79 Å². The summed E-state index contributed by atoms with van der Waals surface area (Å²) in [6.07, 6.45) is 0. The molecule has 4 nitrogen and oxygen atoms in total. The minimum Gasteiger partial charge on any atom is -0.336 e. The SMILES string of the molecule is Cc1ccc(CN2C(=O)C3(OCCO3)c3cc(C)cc(C)c32)cc1. The Bertz CT molecular complexity index is 804. The number of ether oxygens (including phenoxy) is 2. The maximum absolute atomic E-state index is 13.2. The van der Waals surface area contributed by atoms with Crippen LogP contribution in [0.2, 0.25) is 0 Å². The number of nitrogens with zero attached hydrogens (tertiary/aromatic N) is 1. The molecule has 2 aromatic carbocycles. The number of amides is 1. The molecule has 0 unspecified atom stereocenters. The fraction of sp³-hybridized carbons (Fsp3) is 0.350.